The van der Waals surface area contributed by atoms with Gasteiger partial charge >= 0.3 is 5.97 Å². The second kappa shape index (κ2) is 5.87. The highest BCUT2D eigenvalue weighted by Crippen LogP contribution is 2.24. The van der Waals surface area contributed by atoms with Gasteiger partial charge in [0.15, 0.2) is 0 Å². The summed E-state index contributed by atoms with van der Waals surface area (Å²) in [6.45, 7) is 0. The Hall–Kier alpha value is -2.55. The Morgan fingerprint density at radius 3 is 2.68 bits per heavy atom. The number of hydrogen-bond acceptors (Lipinski definition) is 5. The van der Waals surface area contributed by atoms with Gasteiger partial charge in [-0.2, -0.15) is 0 Å². The van der Waals surface area contributed by atoms with E-state index >= 15 is 0 Å². The molecule has 0 radical (unpaired) electrons. The molecular formula is C10H10FN3O5. The van der Waals surface area contributed by atoms with Crippen LogP contribution in [0.3, 0.4) is 0 Å². The van der Waals surface area contributed by atoms with Gasteiger partial charge in [0, 0.05) is 12.1 Å². The maximum absolute atomic E-state index is 13.0. The lowest BCUT2D eigenvalue weighted by atomic mass is 10.2. The van der Waals surface area contributed by atoms with E-state index in [1.54, 1.807) is 0 Å². The van der Waals surface area contributed by atoms with E-state index in [0.717, 1.165) is 18.2 Å². The molecule has 0 saturated heterocycles. The topological polar surface area (TPSA) is 136 Å². The third kappa shape index (κ3) is 4.00. The van der Waals surface area contributed by atoms with Crippen LogP contribution in [0.5, 0.6) is 0 Å². The molecule has 1 rings (SSSR count). The molecule has 9 heteroatoms. The first-order valence-corrected chi connectivity index (χ1v) is 5.03. The molecule has 102 valence electrons. The number of carboxylic acids is 1. The Kier molecular flexibility index (Phi) is 4.48. The Bertz CT molecular complexity index is 534. The number of nitro benzene ring substituents is 1. The van der Waals surface area contributed by atoms with Crippen molar-refractivity contribution >= 4 is 23.3 Å². The lowest BCUT2D eigenvalue weighted by Crippen LogP contribution is -2.37. The molecular weight excluding hydrogens is 261 g/mol. The average molecular weight is 271 g/mol. The number of hydrogen-bond donors (Lipinski definition) is 3. The number of carbonyl (C=O) groups excluding carboxylic acids is 1. The molecule has 0 spiro atoms. The molecule has 0 bridgehead atoms. The number of halogens is 1. The number of aliphatic carboxylic acids is 1. The molecule has 0 aromatic heterocycles. The highest BCUT2D eigenvalue weighted by atomic mass is 19.1. The van der Waals surface area contributed by atoms with Gasteiger partial charge in [-0.05, 0) is 6.07 Å². The van der Waals surface area contributed by atoms with Crippen molar-refractivity contribution in [3.05, 3.63) is 34.1 Å². The minimum atomic E-state index is -1.39. The minimum absolute atomic E-state index is 0.379. The lowest BCUT2D eigenvalue weighted by molar-refractivity contribution is -0.384. The molecule has 1 unspecified atom stereocenters. The molecule has 1 aromatic rings. The first-order valence-electron chi connectivity index (χ1n) is 5.03. The fourth-order valence-corrected chi connectivity index (χ4v) is 1.27. The van der Waals surface area contributed by atoms with E-state index in [9.17, 15) is 24.1 Å². The molecule has 1 atom stereocenters. The van der Waals surface area contributed by atoms with Gasteiger partial charge in [0.25, 0.3) is 5.69 Å². The van der Waals surface area contributed by atoms with Gasteiger partial charge in [-0.3, -0.25) is 19.7 Å². The summed E-state index contributed by atoms with van der Waals surface area (Å²) in [5.41, 5.74) is 4.38. The van der Waals surface area contributed by atoms with E-state index in [0.29, 0.717) is 0 Å². The van der Waals surface area contributed by atoms with Crippen LogP contribution in [0.25, 0.3) is 0 Å². The maximum Gasteiger partial charge on any atom is 0.305 e. The van der Waals surface area contributed by atoms with Crippen LogP contribution in [0.4, 0.5) is 15.8 Å². The van der Waals surface area contributed by atoms with Crippen molar-refractivity contribution < 1.29 is 24.0 Å². The van der Waals surface area contributed by atoms with Crippen LogP contribution in [-0.4, -0.2) is 27.9 Å². The summed E-state index contributed by atoms with van der Waals surface area (Å²) >= 11 is 0. The van der Waals surface area contributed by atoms with E-state index in [2.05, 4.69) is 0 Å². The first-order chi connectivity index (χ1) is 8.81. The second-order valence-electron chi connectivity index (χ2n) is 3.61. The predicted octanol–water partition coefficient (Wildman–Crippen LogP) is 0.474. The number of amides is 1. The van der Waals surface area contributed by atoms with E-state index in [1.165, 1.54) is 0 Å². The number of rotatable bonds is 5. The molecule has 0 aliphatic rings. The van der Waals surface area contributed by atoms with Crippen molar-refractivity contribution in [1.29, 1.82) is 0 Å². The van der Waals surface area contributed by atoms with E-state index < -0.39 is 40.8 Å². The summed E-state index contributed by atoms with van der Waals surface area (Å²) in [7, 11) is 0. The second-order valence-corrected chi connectivity index (χ2v) is 3.61. The standard InChI is InChI=1S/C10H10FN3O5/c11-5-1-2-8(14(18)19)7(3-5)13-10(17)6(12)4-9(15)16/h1-3,6H,4,12H2,(H,13,17)(H,15,16). The van der Waals surface area contributed by atoms with Crippen molar-refractivity contribution in [2.45, 2.75) is 12.5 Å². The lowest BCUT2D eigenvalue weighted by Gasteiger charge is -2.10. The number of anilines is 1. The van der Waals surface area contributed by atoms with Gasteiger partial charge in [0.1, 0.15) is 11.5 Å². The van der Waals surface area contributed by atoms with Gasteiger partial charge in [0.05, 0.1) is 17.4 Å². The van der Waals surface area contributed by atoms with Gasteiger partial charge in [-0.1, -0.05) is 0 Å². The van der Waals surface area contributed by atoms with E-state index in [4.69, 9.17) is 10.8 Å². The van der Waals surface area contributed by atoms with Crippen LogP contribution < -0.4 is 11.1 Å². The Labute approximate surface area is 106 Å². The van der Waals surface area contributed by atoms with Gasteiger partial charge in [-0.25, -0.2) is 4.39 Å². The molecule has 0 aliphatic heterocycles. The van der Waals surface area contributed by atoms with Gasteiger partial charge < -0.3 is 16.2 Å². The quantitative estimate of drug-likeness (QED) is 0.526. The fraction of sp³-hybridized carbons (Fsp3) is 0.200. The summed E-state index contributed by atoms with van der Waals surface area (Å²) in [6, 6.07) is 1.11. The van der Waals surface area contributed by atoms with Crippen molar-refractivity contribution in [1.82, 2.24) is 0 Å². The van der Waals surface area contributed by atoms with E-state index in [-0.39, 0.29) is 5.69 Å². The monoisotopic (exact) mass is 271 g/mol. The van der Waals surface area contributed by atoms with E-state index in [1.807, 2.05) is 5.32 Å². The molecule has 1 amide bonds. The molecule has 1 aromatic carbocycles. The zero-order valence-corrected chi connectivity index (χ0v) is 9.50. The summed E-state index contributed by atoms with van der Waals surface area (Å²) in [5, 5.41) is 21.2. The predicted molar refractivity (Wildman–Crippen MR) is 61.9 cm³/mol. The zero-order chi connectivity index (χ0) is 14.6. The number of carbonyl (C=O) groups is 2. The third-order valence-electron chi connectivity index (χ3n) is 2.14. The van der Waals surface area contributed by atoms with Crippen molar-refractivity contribution in [3.8, 4) is 0 Å². The Morgan fingerprint density at radius 1 is 1.53 bits per heavy atom. The van der Waals surface area contributed by atoms with Crippen LogP contribution in [0, 0.1) is 15.9 Å². The first kappa shape index (κ1) is 14.5. The molecule has 4 N–H and O–H groups in total. The van der Waals surface area contributed by atoms with Gasteiger partial charge in [-0.15, -0.1) is 0 Å². The van der Waals surface area contributed by atoms with Crippen LogP contribution in [0.2, 0.25) is 0 Å². The average Bonchev–Trinajstić information content (AvgIpc) is 2.27. The number of carboxylic acid groups (broad SMARTS) is 1. The third-order valence-corrected chi connectivity index (χ3v) is 2.14. The highest BCUT2D eigenvalue weighted by molar-refractivity contribution is 5.98. The van der Waals surface area contributed by atoms with Crippen molar-refractivity contribution in [2.75, 3.05) is 5.32 Å². The summed E-state index contributed by atoms with van der Waals surface area (Å²) in [4.78, 5) is 31.7. The zero-order valence-electron chi connectivity index (χ0n) is 9.50. The molecule has 19 heavy (non-hydrogen) atoms. The molecule has 0 saturated carbocycles. The normalized spacial score (nSPS) is 11.7. The number of nitrogens with two attached hydrogens (primary N) is 1. The van der Waals surface area contributed by atoms with Crippen molar-refractivity contribution in [3.63, 3.8) is 0 Å². The van der Waals surface area contributed by atoms with Crippen molar-refractivity contribution in [2.24, 2.45) is 5.73 Å². The molecule has 0 aliphatic carbocycles. The number of nitrogens with zero attached hydrogens (tertiary/aromatic N) is 1. The smallest absolute Gasteiger partial charge is 0.305 e. The SMILES string of the molecule is NC(CC(=O)O)C(=O)Nc1cc(F)ccc1[N+](=O)[O-]. The maximum atomic E-state index is 13.0. The van der Waals surface area contributed by atoms with Crippen LogP contribution in [0.1, 0.15) is 6.42 Å². The van der Waals surface area contributed by atoms with Crippen LogP contribution in [0.15, 0.2) is 18.2 Å². The largest absolute Gasteiger partial charge is 0.481 e. The summed E-state index contributed by atoms with van der Waals surface area (Å²) in [5.74, 6) is -3.03. The summed E-state index contributed by atoms with van der Waals surface area (Å²) < 4.78 is 13.0. The van der Waals surface area contributed by atoms with Crippen LogP contribution >= 0.6 is 0 Å². The molecule has 0 heterocycles. The number of nitrogens with one attached hydrogen (secondary N) is 1. The van der Waals surface area contributed by atoms with Crippen LogP contribution in [-0.2, 0) is 9.59 Å². The van der Waals surface area contributed by atoms with Gasteiger partial charge in [0.2, 0.25) is 5.91 Å². The Morgan fingerprint density at radius 2 is 2.16 bits per heavy atom. The summed E-state index contributed by atoms with van der Waals surface area (Å²) in [6.07, 6.45) is -0.644. The highest BCUT2D eigenvalue weighted by Gasteiger charge is 2.21. The Balaban J connectivity index is 2.92. The minimum Gasteiger partial charge on any atom is -0.481 e. The fourth-order valence-electron chi connectivity index (χ4n) is 1.27. The molecule has 8 nitrogen and oxygen atoms in total. The number of nitro groups is 1. The molecule has 0 fully saturated rings. The number of benzene rings is 1.